The van der Waals surface area contributed by atoms with Gasteiger partial charge in [-0.05, 0) is 20.8 Å². The van der Waals surface area contributed by atoms with Gasteiger partial charge in [0, 0.05) is 6.61 Å². The van der Waals surface area contributed by atoms with Crippen molar-refractivity contribution in [2.75, 3.05) is 13.2 Å². The lowest BCUT2D eigenvalue weighted by atomic mass is 9.99. The van der Waals surface area contributed by atoms with Gasteiger partial charge >= 0.3 is 5.97 Å². The second-order valence-corrected chi connectivity index (χ2v) is 2.88. The zero-order valence-electron chi connectivity index (χ0n) is 9.28. The fraction of sp³-hybridized carbons (Fsp3) is 0.636. The lowest BCUT2D eigenvalue weighted by Crippen LogP contribution is -2.36. The summed E-state index contributed by atoms with van der Waals surface area (Å²) in [5, 5.41) is 0. The van der Waals surface area contributed by atoms with E-state index in [1.165, 1.54) is 6.92 Å². The maximum Gasteiger partial charge on any atom is 0.320 e. The van der Waals surface area contributed by atoms with E-state index in [2.05, 4.69) is 5.92 Å². The lowest BCUT2D eigenvalue weighted by molar-refractivity contribution is -0.155. The van der Waals surface area contributed by atoms with Crippen molar-refractivity contribution in [2.24, 2.45) is 5.92 Å². The quantitative estimate of drug-likeness (QED) is 0.371. The van der Waals surface area contributed by atoms with E-state index >= 15 is 0 Å². The Balaban J connectivity index is 4.71. The molecule has 2 atom stereocenters. The van der Waals surface area contributed by atoms with Gasteiger partial charge in [-0.3, -0.25) is 9.59 Å². The zero-order valence-corrected chi connectivity index (χ0v) is 9.28. The molecule has 0 N–H and O–H groups in total. The molecule has 0 aromatic heterocycles. The topological polar surface area (TPSA) is 52.6 Å². The van der Waals surface area contributed by atoms with Crippen LogP contribution in [-0.4, -0.2) is 31.1 Å². The normalized spacial score (nSPS) is 13.7. The molecule has 0 amide bonds. The molecule has 4 heteroatoms. The Hall–Kier alpha value is -1.34. The molecule has 84 valence electrons. The van der Waals surface area contributed by atoms with Gasteiger partial charge in [0.25, 0.3) is 0 Å². The summed E-state index contributed by atoms with van der Waals surface area (Å²) in [5.41, 5.74) is 0. The summed E-state index contributed by atoms with van der Waals surface area (Å²) in [6, 6.07) is 0. The van der Waals surface area contributed by atoms with E-state index < -0.39 is 18.0 Å². The first-order valence-corrected chi connectivity index (χ1v) is 4.83. The van der Waals surface area contributed by atoms with Crippen LogP contribution in [0.2, 0.25) is 0 Å². The van der Waals surface area contributed by atoms with Crippen molar-refractivity contribution in [3.05, 3.63) is 0 Å². The first kappa shape index (κ1) is 13.7. The fourth-order valence-electron chi connectivity index (χ4n) is 1.15. The summed E-state index contributed by atoms with van der Waals surface area (Å²) in [6.07, 6.45) is 4.36. The first-order chi connectivity index (χ1) is 7.08. The highest BCUT2D eigenvalue weighted by molar-refractivity contribution is 5.98. The van der Waals surface area contributed by atoms with Crippen LogP contribution in [0.25, 0.3) is 0 Å². The molecule has 0 rings (SSSR count). The molecule has 0 aromatic carbocycles. The monoisotopic (exact) mass is 212 g/mol. The van der Waals surface area contributed by atoms with Crippen molar-refractivity contribution in [3.63, 3.8) is 0 Å². The molecule has 0 saturated carbocycles. The van der Waals surface area contributed by atoms with Crippen LogP contribution in [0.5, 0.6) is 0 Å². The fourth-order valence-corrected chi connectivity index (χ4v) is 1.15. The van der Waals surface area contributed by atoms with E-state index in [-0.39, 0.29) is 12.4 Å². The van der Waals surface area contributed by atoms with Crippen LogP contribution in [0, 0.1) is 18.3 Å². The molecular weight excluding hydrogens is 196 g/mol. The molecular formula is C11H16O4. The highest BCUT2D eigenvalue weighted by Crippen LogP contribution is 2.11. The first-order valence-electron chi connectivity index (χ1n) is 4.83. The summed E-state index contributed by atoms with van der Waals surface area (Å²) >= 11 is 0. The number of esters is 1. The van der Waals surface area contributed by atoms with Crippen LogP contribution in [0.4, 0.5) is 0 Å². The van der Waals surface area contributed by atoms with E-state index in [1.54, 1.807) is 13.8 Å². The van der Waals surface area contributed by atoms with Crippen LogP contribution in [0.1, 0.15) is 20.8 Å². The van der Waals surface area contributed by atoms with Gasteiger partial charge in [-0.25, -0.2) is 0 Å². The molecule has 0 aliphatic heterocycles. The Morgan fingerprint density at radius 2 is 1.93 bits per heavy atom. The van der Waals surface area contributed by atoms with Crippen LogP contribution < -0.4 is 0 Å². The summed E-state index contributed by atoms with van der Waals surface area (Å²) in [4.78, 5) is 22.7. The summed E-state index contributed by atoms with van der Waals surface area (Å²) in [7, 11) is 0. The molecule has 2 unspecified atom stereocenters. The van der Waals surface area contributed by atoms with E-state index in [1.807, 2.05) is 0 Å². The van der Waals surface area contributed by atoms with E-state index in [0.717, 1.165) is 0 Å². The molecule has 0 heterocycles. The Morgan fingerprint density at radius 1 is 1.33 bits per heavy atom. The van der Waals surface area contributed by atoms with Crippen LogP contribution >= 0.6 is 0 Å². The lowest BCUT2D eigenvalue weighted by Gasteiger charge is -2.18. The van der Waals surface area contributed by atoms with Crippen LogP contribution in [0.15, 0.2) is 0 Å². The van der Waals surface area contributed by atoms with Gasteiger partial charge in [0.05, 0.1) is 6.61 Å². The Bertz CT molecular complexity index is 264. The highest BCUT2D eigenvalue weighted by Gasteiger charge is 2.33. The SMILES string of the molecule is C#CC(OCC)C(C(C)=O)C(=O)OCC. The van der Waals surface area contributed by atoms with Crippen LogP contribution in [0.3, 0.4) is 0 Å². The third-order valence-corrected chi connectivity index (χ3v) is 1.79. The molecule has 0 aromatic rings. The third kappa shape index (κ3) is 4.13. The van der Waals surface area contributed by atoms with Crippen molar-refractivity contribution < 1.29 is 19.1 Å². The summed E-state index contributed by atoms with van der Waals surface area (Å²) in [5.74, 6) is 0.295. The van der Waals surface area contributed by atoms with Gasteiger partial charge in [-0.1, -0.05) is 5.92 Å². The van der Waals surface area contributed by atoms with E-state index in [9.17, 15) is 9.59 Å². The molecule has 0 aliphatic rings. The van der Waals surface area contributed by atoms with Gasteiger partial charge in [0.15, 0.2) is 5.92 Å². The second kappa shape index (κ2) is 7.02. The van der Waals surface area contributed by atoms with E-state index in [0.29, 0.717) is 6.61 Å². The van der Waals surface area contributed by atoms with E-state index in [4.69, 9.17) is 15.9 Å². The molecule has 0 bridgehead atoms. The minimum Gasteiger partial charge on any atom is -0.465 e. The number of Topliss-reactive ketones (excluding diaryl/α,β-unsaturated/α-hetero) is 1. The average Bonchev–Trinajstić information content (AvgIpc) is 2.16. The standard InChI is InChI=1S/C11H16O4/c1-5-9(14-6-2)10(8(4)12)11(13)15-7-3/h1,9-10H,6-7H2,2-4H3. The van der Waals surface area contributed by atoms with Gasteiger partial charge in [0.2, 0.25) is 0 Å². The smallest absolute Gasteiger partial charge is 0.320 e. The molecule has 0 fully saturated rings. The minimum atomic E-state index is -1.02. The number of rotatable bonds is 6. The Labute approximate surface area is 89.9 Å². The minimum absolute atomic E-state index is 0.214. The second-order valence-electron chi connectivity index (χ2n) is 2.88. The van der Waals surface area contributed by atoms with Crippen molar-refractivity contribution >= 4 is 11.8 Å². The van der Waals surface area contributed by atoms with Crippen molar-refractivity contribution in [2.45, 2.75) is 26.9 Å². The number of hydrogen-bond donors (Lipinski definition) is 0. The number of hydrogen-bond acceptors (Lipinski definition) is 4. The summed E-state index contributed by atoms with van der Waals surface area (Å²) < 4.78 is 9.88. The molecule has 0 saturated heterocycles. The molecule has 15 heavy (non-hydrogen) atoms. The molecule has 0 aliphatic carbocycles. The maximum atomic E-state index is 11.4. The maximum absolute atomic E-state index is 11.4. The van der Waals surface area contributed by atoms with Gasteiger partial charge < -0.3 is 9.47 Å². The summed E-state index contributed by atoms with van der Waals surface area (Å²) in [6.45, 7) is 5.27. The predicted molar refractivity (Wildman–Crippen MR) is 55.1 cm³/mol. The number of ketones is 1. The largest absolute Gasteiger partial charge is 0.465 e. The van der Waals surface area contributed by atoms with Gasteiger partial charge in [-0.2, -0.15) is 0 Å². The van der Waals surface area contributed by atoms with Crippen molar-refractivity contribution in [1.29, 1.82) is 0 Å². The van der Waals surface area contributed by atoms with Crippen molar-refractivity contribution in [3.8, 4) is 12.3 Å². The average molecular weight is 212 g/mol. The number of ether oxygens (including phenoxy) is 2. The van der Waals surface area contributed by atoms with Crippen molar-refractivity contribution in [1.82, 2.24) is 0 Å². The molecule has 4 nitrogen and oxygen atoms in total. The zero-order chi connectivity index (χ0) is 11.8. The Morgan fingerprint density at radius 3 is 2.27 bits per heavy atom. The number of carbonyl (C=O) groups excluding carboxylic acids is 2. The third-order valence-electron chi connectivity index (χ3n) is 1.79. The molecule has 0 radical (unpaired) electrons. The molecule has 0 spiro atoms. The van der Waals surface area contributed by atoms with Gasteiger partial charge in [0.1, 0.15) is 11.9 Å². The Kier molecular flexibility index (Phi) is 6.39. The van der Waals surface area contributed by atoms with Crippen LogP contribution in [-0.2, 0) is 19.1 Å². The predicted octanol–water partition coefficient (Wildman–Crippen LogP) is 0.793. The van der Waals surface area contributed by atoms with Gasteiger partial charge in [-0.15, -0.1) is 6.42 Å². The number of carbonyl (C=O) groups is 2. The highest BCUT2D eigenvalue weighted by atomic mass is 16.5. The number of terminal acetylenes is 1.